The number of aryl methyl sites for hydroxylation is 1. The van der Waals surface area contributed by atoms with Crippen molar-refractivity contribution < 1.29 is 9.59 Å². The lowest BCUT2D eigenvalue weighted by molar-refractivity contribution is -0.121. The summed E-state index contributed by atoms with van der Waals surface area (Å²) in [6, 6.07) is 8.51. The van der Waals surface area contributed by atoms with Crippen molar-refractivity contribution in [3.63, 3.8) is 0 Å². The summed E-state index contributed by atoms with van der Waals surface area (Å²) < 4.78 is 0. The zero-order valence-electron chi connectivity index (χ0n) is 17.0. The molecule has 4 rings (SSSR count). The fourth-order valence-corrected chi connectivity index (χ4v) is 5.05. The third-order valence-electron chi connectivity index (χ3n) is 5.75. The zero-order valence-corrected chi connectivity index (χ0v) is 17.8. The van der Waals surface area contributed by atoms with Gasteiger partial charge in [-0.1, -0.05) is 6.92 Å². The molecule has 2 heterocycles. The van der Waals surface area contributed by atoms with Gasteiger partial charge in [-0.25, -0.2) is 4.98 Å². The Morgan fingerprint density at radius 2 is 2.14 bits per heavy atom. The highest BCUT2D eigenvalue weighted by Crippen LogP contribution is 2.32. The maximum atomic E-state index is 13.2. The number of aromatic amines is 1. The second-order valence-corrected chi connectivity index (χ2v) is 8.71. The van der Waals surface area contributed by atoms with Crippen LogP contribution in [0.25, 0.3) is 21.5 Å². The lowest BCUT2D eigenvalue weighted by Gasteiger charge is -2.24. The Morgan fingerprint density at radius 3 is 2.93 bits per heavy atom. The Kier molecular flexibility index (Phi) is 5.41. The summed E-state index contributed by atoms with van der Waals surface area (Å²) in [7, 11) is 1.86. The third kappa shape index (κ3) is 3.92. The van der Waals surface area contributed by atoms with Crippen LogP contribution in [-0.4, -0.2) is 45.8 Å². The van der Waals surface area contributed by atoms with Gasteiger partial charge in [-0.15, -0.1) is 11.3 Å². The van der Waals surface area contributed by atoms with Crippen LogP contribution in [0, 0.1) is 6.92 Å². The number of nitrogens with zero attached hydrogens (tertiary/aromatic N) is 2. The maximum absolute atomic E-state index is 13.2. The van der Waals surface area contributed by atoms with E-state index in [1.807, 2.05) is 50.2 Å². The molecule has 0 spiro atoms. The molecule has 2 amide bonds. The van der Waals surface area contributed by atoms with Crippen LogP contribution in [0.4, 0.5) is 0 Å². The van der Waals surface area contributed by atoms with Gasteiger partial charge in [0.1, 0.15) is 9.88 Å². The molecule has 1 saturated carbocycles. The number of H-pyrrole nitrogens is 1. The van der Waals surface area contributed by atoms with E-state index in [2.05, 4.69) is 21.4 Å². The lowest BCUT2D eigenvalue weighted by atomic mass is 10.1. The first kappa shape index (κ1) is 19.6. The number of hydrogen-bond acceptors (Lipinski definition) is 4. The van der Waals surface area contributed by atoms with Gasteiger partial charge in [0.15, 0.2) is 0 Å². The Morgan fingerprint density at radius 1 is 1.31 bits per heavy atom. The molecule has 2 N–H and O–H groups in total. The zero-order chi connectivity index (χ0) is 20.5. The molecule has 7 heteroatoms. The van der Waals surface area contributed by atoms with Gasteiger partial charge in [0, 0.05) is 48.2 Å². The van der Waals surface area contributed by atoms with Crippen molar-refractivity contribution in [2.24, 2.45) is 0 Å². The van der Waals surface area contributed by atoms with Gasteiger partial charge < -0.3 is 15.2 Å². The molecule has 152 valence electrons. The fourth-order valence-electron chi connectivity index (χ4n) is 4.00. The molecule has 29 heavy (non-hydrogen) atoms. The maximum Gasteiger partial charge on any atom is 0.265 e. The number of fused-ring (bicyclic) bond motifs is 1. The highest BCUT2D eigenvalue weighted by Gasteiger charge is 2.32. The molecule has 2 aromatic heterocycles. The summed E-state index contributed by atoms with van der Waals surface area (Å²) in [5, 5.41) is 5.05. The Bertz CT molecular complexity index is 1050. The van der Waals surface area contributed by atoms with Gasteiger partial charge in [-0.2, -0.15) is 0 Å². The van der Waals surface area contributed by atoms with E-state index < -0.39 is 0 Å². The summed E-state index contributed by atoms with van der Waals surface area (Å²) >= 11 is 1.45. The van der Waals surface area contributed by atoms with Gasteiger partial charge in [-0.05, 0) is 50.5 Å². The minimum atomic E-state index is 0.0152. The fraction of sp³-hybridized carbons (Fsp3) is 0.409. The van der Waals surface area contributed by atoms with Crippen molar-refractivity contribution in [3.05, 3.63) is 41.0 Å². The summed E-state index contributed by atoms with van der Waals surface area (Å²) in [6.45, 7) is 3.75. The highest BCUT2D eigenvalue weighted by molar-refractivity contribution is 7.17. The number of hydrogen-bond donors (Lipinski definition) is 2. The molecular weight excluding hydrogens is 384 g/mol. The standard InChI is InChI=1S/C22H26N4O2S/c1-4-19(27)25-16-6-7-17(12-16)26(3)22(28)20-13(2)24-21(29-20)15-5-8-18-14(11-15)9-10-23-18/h5,8-11,16-17,23H,4,6-7,12H2,1-3H3,(H,25,27). The molecule has 0 bridgehead atoms. The molecule has 0 saturated heterocycles. The van der Waals surface area contributed by atoms with Gasteiger partial charge in [0.2, 0.25) is 5.91 Å². The van der Waals surface area contributed by atoms with Gasteiger partial charge >= 0.3 is 0 Å². The molecule has 1 aromatic carbocycles. The van der Waals surface area contributed by atoms with Crippen LogP contribution < -0.4 is 5.32 Å². The molecule has 2 unspecified atom stereocenters. The Hall–Kier alpha value is -2.67. The molecule has 1 fully saturated rings. The molecule has 0 aliphatic heterocycles. The number of amides is 2. The summed E-state index contributed by atoms with van der Waals surface area (Å²) in [5.41, 5.74) is 2.88. The number of nitrogens with one attached hydrogen (secondary N) is 2. The molecule has 0 radical (unpaired) electrons. The molecule has 6 nitrogen and oxygen atoms in total. The average Bonchev–Trinajstić information content (AvgIpc) is 3.45. The van der Waals surface area contributed by atoms with E-state index in [4.69, 9.17) is 0 Å². The topological polar surface area (TPSA) is 78.1 Å². The first-order valence-corrected chi connectivity index (χ1v) is 10.9. The van der Waals surface area contributed by atoms with Crippen molar-refractivity contribution in [3.8, 4) is 10.6 Å². The van der Waals surface area contributed by atoms with Crippen LogP contribution >= 0.6 is 11.3 Å². The summed E-state index contributed by atoms with van der Waals surface area (Å²) in [6.07, 6.45) is 5.04. The van der Waals surface area contributed by atoms with Crippen LogP contribution in [0.5, 0.6) is 0 Å². The average molecular weight is 411 g/mol. The van der Waals surface area contributed by atoms with Crippen molar-refractivity contribution in [2.45, 2.75) is 51.6 Å². The number of benzene rings is 1. The minimum absolute atomic E-state index is 0.0152. The lowest BCUT2D eigenvalue weighted by Crippen LogP contribution is -2.38. The molecule has 1 aliphatic rings. The smallest absolute Gasteiger partial charge is 0.265 e. The predicted octanol–water partition coefficient (Wildman–Crippen LogP) is 4.12. The first-order valence-electron chi connectivity index (χ1n) is 10.1. The SMILES string of the molecule is CCC(=O)NC1CCC(N(C)C(=O)c2sc(-c3ccc4[nH]ccc4c3)nc2C)C1. The number of aromatic nitrogens is 2. The molecular formula is C22H26N4O2S. The van der Waals surface area contributed by atoms with Crippen molar-refractivity contribution in [1.29, 1.82) is 0 Å². The Balaban J connectivity index is 1.49. The quantitative estimate of drug-likeness (QED) is 0.664. The van der Waals surface area contributed by atoms with E-state index in [9.17, 15) is 9.59 Å². The largest absolute Gasteiger partial charge is 0.361 e. The number of carbonyl (C=O) groups is 2. The number of rotatable bonds is 5. The van der Waals surface area contributed by atoms with Crippen LogP contribution in [0.1, 0.15) is 48.0 Å². The molecule has 1 aliphatic carbocycles. The van der Waals surface area contributed by atoms with Gasteiger partial charge in [0.25, 0.3) is 5.91 Å². The van der Waals surface area contributed by atoms with Gasteiger partial charge in [0.05, 0.1) is 5.69 Å². The van der Waals surface area contributed by atoms with E-state index in [-0.39, 0.29) is 23.9 Å². The first-order chi connectivity index (χ1) is 14.0. The van der Waals surface area contributed by atoms with E-state index in [0.717, 1.165) is 46.4 Å². The van der Waals surface area contributed by atoms with Crippen LogP contribution in [0.2, 0.25) is 0 Å². The van der Waals surface area contributed by atoms with Crippen molar-refractivity contribution >= 4 is 34.1 Å². The van der Waals surface area contributed by atoms with Crippen molar-refractivity contribution in [1.82, 2.24) is 20.2 Å². The summed E-state index contributed by atoms with van der Waals surface area (Å²) in [5.74, 6) is 0.0911. The van der Waals surface area contributed by atoms with E-state index in [1.54, 1.807) is 0 Å². The second-order valence-electron chi connectivity index (χ2n) is 7.71. The Labute approximate surface area is 174 Å². The predicted molar refractivity (Wildman–Crippen MR) is 116 cm³/mol. The van der Waals surface area contributed by atoms with Crippen LogP contribution in [-0.2, 0) is 4.79 Å². The monoisotopic (exact) mass is 410 g/mol. The van der Waals surface area contributed by atoms with E-state index in [0.29, 0.717) is 11.3 Å². The molecule has 3 aromatic rings. The van der Waals surface area contributed by atoms with Crippen LogP contribution in [0.15, 0.2) is 30.5 Å². The summed E-state index contributed by atoms with van der Waals surface area (Å²) in [4.78, 5) is 35.2. The van der Waals surface area contributed by atoms with E-state index in [1.165, 1.54) is 11.3 Å². The van der Waals surface area contributed by atoms with E-state index >= 15 is 0 Å². The number of thiazole rings is 1. The molecule has 2 atom stereocenters. The number of carbonyl (C=O) groups excluding carboxylic acids is 2. The second kappa shape index (κ2) is 7.99. The minimum Gasteiger partial charge on any atom is -0.361 e. The highest BCUT2D eigenvalue weighted by atomic mass is 32.1. The van der Waals surface area contributed by atoms with Gasteiger partial charge in [-0.3, -0.25) is 9.59 Å². The van der Waals surface area contributed by atoms with Crippen LogP contribution in [0.3, 0.4) is 0 Å². The third-order valence-corrected chi connectivity index (χ3v) is 6.94. The normalized spacial score (nSPS) is 18.9. The van der Waals surface area contributed by atoms with Crippen molar-refractivity contribution in [2.75, 3.05) is 7.05 Å².